The number of carbonyl (C=O) groups excluding carboxylic acids is 1. The van der Waals surface area contributed by atoms with E-state index < -0.39 is 31.4 Å². The van der Waals surface area contributed by atoms with Crippen molar-refractivity contribution in [1.82, 2.24) is 55.2 Å². The molecule has 0 aliphatic carbocycles. The highest BCUT2D eigenvalue weighted by Crippen LogP contribution is 2.15. The predicted octanol–water partition coefficient (Wildman–Crippen LogP) is 6.80. The summed E-state index contributed by atoms with van der Waals surface area (Å²) in [4.78, 5) is 52.6. The molecule has 0 saturated heterocycles. The standard InChI is InChI=1S/C12H19N3O4S.C8H12N2S.C7H11N3O2S.C7H7N3S.C5H2BrN3.CH4.ClH/c1-5-20(17,18)9-6-13-10(14-7-9)8-15-11(16)19-12(2,3)4;1-3-8-9-5-7(6-10-8)11-4-2;1-2-13(11,12)6-4-9-7(3-8)10-5-6;1-2-11-6-4-9-7(3-8)10-5-6;6-4-2-8-5(1-7)9-3-4;;/h6-7H,5,8H2,1-4H3,(H,15,16);5-6H,3-4H2,1-2H3;4-5H,2-3,8H2,1H3;4-5H,2H2,1H3;2-3H;1H4;1H. The van der Waals surface area contributed by atoms with E-state index in [4.69, 9.17) is 21.0 Å². The summed E-state index contributed by atoms with van der Waals surface area (Å²) in [7, 11) is -6.50. The van der Waals surface area contributed by atoms with E-state index in [1.807, 2.05) is 24.5 Å². The summed E-state index contributed by atoms with van der Waals surface area (Å²) in [5, 5.41) is 19.1. The van der Waals surface area contributed by atoms with Gasteiger partial charge in [0.25, 0.3) is 0 Å². The molecule has 66 heavy (non-hydrogen) atoms. The van der Waals surface area contributed by atoms with Crippen LogP contribution in [0.5, 0.6) is 0 Å². The lowest BCUT2D eigenvalue weighted by atomic mass is 10.2. The van der Waals surface area contributed by atoms with Crippen LogP contribution < -0.4 is 11.1 Å². The van der Waals surface area contributed by atoms with Crippen molar-refractivity contribution in [3.05, 3.63) is 95.6 Å². The molecule has 3 N–H and O–H groups in total. The number of nitrogens with two attached hydrogens (primary N) is 1. The van der Waals surface area contributed by atoms with Crippen LogP contribution in [0.15, 0.2) is 86.0 Å². The number of amides is 1. The van der Waals surface area contributed by atoms with Crippen molar-refractivity contribution in [2.24, 2.45) is 5.73 Å². The van der Waals surface area contributed by atoms with Crippen molar-refractivity contribution in [3.8, 4) is 12.1 Å². The fourth-order valence-electron chi connectivity index (χ4n) is 3.75. The van der Waals surface area contributed by atoms with Gasteiger partial charge in [-0.25, -0.2) is 71.5 Å². The highest BCUT2D eigenvalue weighted by atomic mass is 79.9. The Morgan fingerprint density at radius 3 is 1.36 bits per heavy atom. The Hall–Kier alpha value is -5.02. The van der Waals surface area contributed by atoms with Gasteiger partial charge in [-0.2, -0.15) is 10.5 Å². The minimum atomic E-state index is -3.31. The van der Waals surface area contributed by atoms with Gasteiger partial charge in [0.15, 0.2) is 19.7 Å². The number of ether oxygens (including phenoxy) is 1. The molecule has 1 amide bonds. The van der Waals surface area contributed by atoms with Gasteiger partial charge in [-0.3, -0.25) is 0 Å². The first-order valence-electron chi connectivity index (χ1n) is 19.2. The Kier molecular flexibility index (Phi) is 32.0. The molecule has 20 nitrogen and oxygen atoms in total. The van der Waals surface area contributed by atoms with Crippen molar-refractivity contribution in [1.29, 1.82) is 10.5 Å². The van der Waals surface area contributed by atoms with E-state index in [1.165, 1.54) is 37.2 Å². The molecular weight excluding hydrogens is 1020 g/mol. The smallest absolute Gasteiger partial charge is 0.408 e. The third-order valence-electron chi connectivity index (χ3n) is 6.88. The molecule has 5 aromatic rings. The van der Waals surface area contributed by atoms with Crippen molar-refractivity contribution in [2.45, 2.75) is 108 Å². The highest BCUT2D eigenvalue weighted by Gasteiger charge is 2.17. The van der Waals surface area contributed by atoms with Crippen LogP contribution in [0, 0.1) is 22.7 Å². The summed E-state index contributed by atoms with van der Waals surface area (Å²) in [6.07, 6.45) is 15.6. The Morgan fingerprint density at radius 1 is 0.667 bits per heavy atom. The zero-order valence-electron chi connectivity index (χ0n) is 37.0. The van der Waals surface area contributed by atoms with Crippen LogP contribution in [0.3, 0.4) is 0 Å². The Morgan fingerprint density at radius 2 is 1.03 bits per heavy atom. The van der Waals surface area contributed by atoms with Crippen molar-refractivity contribution in [3.63, 3.8) is 0 Å². The van der Waals surface area contributed by atoms with Gasteiger partial charge < -0.3 is 15.8 Å². The molecule has 5 aromatic heterocycles. The van der Waals surface area contributed by atoms with Crippen molar-refractivity contribution >= 4 is 77.6 Å². The van der Waals surface area contributed by atoms with Gasteiger partial charge >= 0.3 is 6.09 Å². The van der Waals surface area contributed by atoms with E-state index in [-0.39, 0.29) is 65.9 Å². The van der Waals surface area contributed by atoms with E-state index in [0.717, 1.165) is 38.0 Å². The van der Waals surface area contributed by atoms with Gasteiger partial charge in [0.1, 0.15) is 45.0 Å². The predicted molar refractivity (Wildman–Crippen MR) is 260 cm³/mol. The maximum atomic E-state index is 11.6. The first-order valence-corrected chi connectivity index (χ1v) is 25.3. The number of thioether (sulfide) groups is 2. The second-order valence-corrected chi connectivity index (χ2v) is 20.9. The zero-order valence-corrected chi connectivity index (χ0v) is 42.7. The summed E-state index contributed by atoms with van der Waals surface area (Å²) < 4.78 is 51.5. The molecular formula is C40H56BrClN14O6S4. The minimum absolute atomic E-state index is 0. The lowest BCUT2D eigenvalue weighted by Gasteiger charge is -2.19. The number of alkyl carbamates (subject to hydrolysis) is 1. The summed E-state index contributed by atoms with van der Waals surface area (Å²) in [6, 6.07) is 3.68. The van der Waals surface area contributed by atoms with Crippen LogP contribution in [0.25, 0.3) is 0 Å². The fraction of sp³-hybridized carbons (Fsp3) is 0.425. The molecule has 0 spiro atoms. The molecule has 0 aromatic carbocycles. The van der Waals surface area contributed by atoms with Gasteiger partial charge in [0, 0.05) is 78.2 Å². The quantitative estimate of drug-likeness (QED) is 0.121. The summed E-state index contributed by atoms with van der Waals surface area (Å²) in [5.74, 6) is 4.21. The average molecular weight is 1070 g/mol. The van der Waals surface area contributed by atoms with Crippen LogP contribution in [0.1, 0.15) is 91.9 Å². The van der Waals surface area contributed by atoms with E-state index >= 15 is 0 Å². The Balaban J connectivity index is 0. The SMILES string of the molecule is C.CCS(=O)(=O)c1cnc(CN)nc1.CCS(=O)(=O)c1cnc(CNC(=O)OC(C)(C)C)nc1.CCSc1cnc(C#N)nc1.CCSc1cnc(CC)nc1.Cl.N#Cc1ncc(Br)cn1. The molecule has 360 valence electrons. The number of nitrogens with one attached hydrogen (secondary N) is 1. The van der Waals surface area contributed by atoms with Gasteiger partial charge in [0.05, 0.1) is 29.1 Å². The molecule has 0 fully saturated rings. The van der Waals surface area contributed by atoms with Crippen LogP contribution in [0.4, 0.5) is 4.79 Å². The number of carbonyl (C=O) groups is 1. The normalized spacial score (nSPS) is 10.2. The zero-order chi connectivity index (χ0) is 48.2. The van der Waals surface area contributed by atoms with Crippen LogP contribution in [0.2, 0.25) is 0 Å². The fourth-order valence-corrected chi connectivity index (χ4v) is 6.65. The second-order valence-electron chi connectivity index (χ2n) is 12.8. The van der Waals surface area contributed by atoms with Crippen molar-refractivity contribution in [2.75, 3.05) is 23.0 Å². The lowest BCUT2D eigenvalue weighted by molar-refractivity contribution is 0.0522. The number of rotatable bonds is 12. The number of nitriles is 2. The third kappa shape index (κ3) is 26.2. The minimum Gasteiger partial charge on any atom is -0.444 e. The number of aromatic nitrogens is 10. The van der Waals surface area contributed by atoms with Gasteiger partial charge in [0.2, 0.25) is 11.6 Å². The summed E-state index contributed by atoms with van der Waals surface area (Å²) in [6.45, 7) is 14.9. The van der Waals surface area contributed by atoms with Crippen LogP contribution in [-0.4, -0.2) is 101 Å². The molecule has 0 unspecified atom stereocenters. The molecule has 0 radical (unpaired) electrons. The first kappa shape index (κ1) is 63.1. The number of sulfone groups is 2. The average Bonchev–Trinajstić information content (AvgIpc) is 3.30. The highest BCUT2D eigenvalue weighted by molar-refractivity contribution is 9.10. The Labute approximate surface area is 411 Å². The molecule has 0 aliphatic rings. The topological polar surface area (TPSA) is 309 Å². The largest absolute Gasteiger partial charge is 0.444 e. The Bertz CT molecular complexity index is 2440. The summed E-state index contributed by atoms with van der Waals surface area (Å²) >= 11 is 6.57. The summed E-state index contributed by atoms with van der Waals surface area (Å²) in [5.41, 5.74) is 4.69. The van der Waals surface area contributed by atoms with E-state index in [9.17, 15) is 21.6 Å². The van der Waals surface area contributed by atoms with Crippen LogP contribution in [-0.2, 0) is 43.9 Å². The van der Waals surface area contributed by atoms with E-state index in [2.05, 4.69) is 91.9 Å². The van der Waals surface area contributed by atoms with E-state index in [1.54, 1.807) is 70.5 Å². The molecule has 0 saturated carbocycles. The van der Waals surface area contributed by atoms with Gasteiger partial charge in [-0.05, 0) is 48.2 Å². The number of halogens is 2. The molecule has 0 aliphatic heterocycles. The number of nitrogens with zero attached hydrogens (tertiary/aromatic N) is 12. The van der Waals surface area contributed by atoms with Gasteiger partial charge in [-0.15, -0.1) is 35.9 Å². The maximum Gasteiger partial charge on any atom is 0.408 e. The van der Waals surface area contributed by atoms with Crippen molar-refractivity contribution < 1.29 is 26.4 Å². The number of hydrogen-bond donors (Lipinski definition) is 2. The molecule has 5 heterocycles. The first-order chi connectivity index (χ1) is 30.3. The molecule has 0 atom stereocenters. The molecule has 26 heteroatoms. The maximum absolute atomic E-state index is 11.6. The van der Waals surface area contributed by atoms with Gasteiger partial charge in [-0.1, -0.05) is 42.0 Å². The second kappa shape index (κ2) is 33.4. The van der Waals surface area contributed by atoms with E-state index in [0.29, 0.717) is 11.6 Å². The number of hydrogen-bond acceptors (Lipinski definition) is 21. The monoisotopic (exact) mass is 1070 g/mol. The third-order valence-corrected chi connectivity index (χ3v) is 12.3. The molecule has 5 rings (SSSR count). The van der Waals surface area contributed by atoms with Crippen LogP contribution >= 0.6 is 51.9 Å². The lowest BCUT2D eigenvalue weighted by Crippen LogP contribution is -2.32. The molecule has 0 bridgehead atoms. The number of aryl methyl sites for hydroxylation is 1.